The summed E-state index contributed by atoms with van der Waals surface area (Å²) in [6.45, 7) is 3.85. The molecule has 1 unspecified atom stereocenters. The number of hydrogen-bond acceptors (Lipinski definition) is 2. The second-order valence-electron chi connectivity index (χ2n) is 5.08. The van der Waals surface area contributed by atoms with Gasteiger partial charge in [0.2, 0.25) is 0 Å². The Bertz CT molecular complexity index is 613. The van der Waals surface area contributed by atoms with E-state index in [1.807, 2.05) is 32.0 Å². The molecule has 0 aromatic heterocycles. The zero-order chi connectivity index (χ0) is 15.6. The van der Waals surface area contributed by atoms with Crippen LogP contribution in [0.5, 0.6) is 0 Å². The second kappa shape index (κ2) is 6.28. The number of benzene rings is 2. The number of nitrogens with two attached hydrogens (primary N) is 1. The molecule has 2 rings (SSSR count). The Morgan fingerprint density at radius 1 is 1.05 bits per heavy atom. The van der Waals surface area contributed by atoms with Crippen LogP contribution in [0.25, 0.3) is 0 Å². The van der Waals surface area contributed by atoms with Crippen molar-refractivity contribution in [3.63, 3.8) is 0 Å². The number of halogens is 3. The average molecular weight is 294 g/mol. The van der Waals surface area contributed by atoms with Gasteiger partial charge in [-0.05, 0) is 37.0 Å². The van der Waals surface area contributed by atoms with Crippen LogP contribution in [0, 0.1) is 31.3 Å². The quantitative estimate of drug-likeness (QED) is 0.669. The number of hydrogen-bond donors (Lipinski definition) is 2. The Kier molecular flexibility index (Phi) is 4.65. The van der Waals surface area contributed by atoms with Crippen LogP contribution < -0.4 is 11.3 Å². The van der Waals surface area contributed by atoms with E-state index in [1.165, 1.54) is 0 Å². The van der Waals surface area contributed by atoms with Crippen LogP contribution in [-0.4, -0.2) is 0 Å². The predicted octanol–water partition coefficient (Wildman–Crippen LogP) is 3.47. The van der Waals surface area contributed by atoms with E-state index >= 15 is 0 Å². The van der Waals surface area contributed by atoms with Crippen LogP contribution in [0.1, 0.15) is 28.3 Å². The molecule has 0 fully saturated rings. The molecule has 0 saturated carbocycles. The second-order valence-corrected chi connectivity index (χ2v) is 5.08. The van der Waals surface area contributed by atoms with Crippen molar-refractivity contribution >= 4 is 0 Å². The van der Waals surface area contributed by atoms with Gasteiger partial charge in [0.25, 0.3) is 0 Å². The van der Waals surface area contributed by atoms with Gasteiger partial charge in [-0.15, -0.1) is 0 Å². The highest BCUT2D eigenvalue weighted by Gasteiger charge is 2.22. The lowest BCUT2D eigenvalue weighted by Crippen LogP contribution is -2.31. The van der Waals surface area contributed by atoms with Gasteiger partial charge < -0.3 is 0 Å². The Morgan fingerprint density at radius 2 is 1.57 bits per heavy atom. The minimum Gasteiger partial charge on any atom is -0.271 e. The van der Waals surface area contributed by atoms with E-state index in [9.17, 15) is 13.2 Å². The fraction of sp³-hybridized carbons (Fsp3) is 0.250. The molecule has 0 saturated heterocycles. The van der Waals surface area contributed by atoms with Crippen LogP contribution in [-0.2, 0) is 6.42 Å². The first-order valence-corrected chi connectivity index (χ1v) is 6.59. The number of aryl methyl sites for hydroxylation is 2. The molecule has 112 valence electrons. The van der Waals surface area contributed by atoms with Gasteiger partial charge in [-0.2, -0.15) is 0 Å². The molecule has 2 aromatic carbocycles. The van der Waals surface area contributed by atoms with Gasteiger partial charge in [0.1, 0.15) is 17.5 Å². The molecule has 2 nitrogen and oxygen atoms in total. The summed E-state index contributed by atoms with van der Waals surface area (Å²) in [6, 6.07) is 6.31. The van der Waals surface area contributed by atoms with Gasteiger partial charge in [-0.1, -0.05) is 18.2 Å². The molecular weight excluding hydrogens is 277 g/mol. The zero-order valence-electron chi connectivity index (χ0n) is 11.9. The molecule has 0 aliphatic heterocycles. The van der Waals surface area contributed by atoms with Gasteiger partial charge in [0.05, 0.1) is 6.04 Å². The molecule has 2 aromatic rings. The van der Waals surface area contributed by atoms with Crippen molar-refractivity contribution < 1.29 is 13.2 Å². The summed E-state index contributed by atoms with van der Waals surface area (Å²) in [7, 11) is 0. The smallest absolute Gasteiger partial charge is 0.133 e. The SMILES string of the molecule is Cc1cccc(C)c1CC(NN)c1c(F)cc(F)cc1F. The van der Waals surface area contributed by atoms with E-state index in [0.717, 1.165) is 16.7 Å². The third-order valence-corrected chi connectivity index (χ3v) is 3.65. The van der Waals surface area contributed by atoms with E-state index in [4.69, 9.17) is 5.84 Å². The normalized spacial score (nSPS) is 12.5. The van der Waals surface area contributed by atoms with Gasteiger partial charge >= 0.3 is 0 Å². The van der Waals surface area contributed by atoms with Crippen LogP contribution in [0.15, 0.2) is 30.3 Å². The molecule has 3 N–H and O–H groups in total. The van der Waals surface area contributed by atoms with Gasteiger partial charge in [0.15, 0.2) is 0 Å². The molecule has 5 heteroatoms. The van der Waals surface area contributed by atoms with Gasteiger partial charge in [-0.25, -0.2) is 13.2 Å². The van der Waals surface area contributed by atoms with Crippen LogP contribution in [0.2, 0.25) is 0 Å². The van der Waals surface area contributed by atoms with Crippen molar-refractivity contribution in [2.75, 3.05) is 0 Å². The summed E-state index contributed by atoms with van der Waals surface area (Å²) < 4.78 is 40.8. The third kappa shape index (κ3) is 3.25. The highest BCUT2D eigenvalue weighted by molar-refractivity contribution is 5.36. The van der Waals surface area contributed by atoms with E-state index in [2.05, 4.69) is 5.43 Å². The van der Waals surface area contributed by atoms with Crippen LogP contribution in [0.3, 0.4) is 0 Å². The lowest BCUT2D eigenvalue weighted by atomic mass is 9.93. The average Bonchev–Trinajstić information content (AvgIpc) is 2.39. The Balaban J connectivity index is 2.42. The van der Waals surface area contributed by atoms with Crippen molar-refractivity contribution in [3.8, 4) is 0 Å². The van der Waals surface area contributed by atoms with Crippen molar-refractivity contribution in [2.24, 2.45) is 5.84 Å². The summed E-state index contributed by atoms with van der Waals surface area (Å²) in [5.74, 6) is 2.62. The van der Waals surface area contributed by atoms with Crippen LogP contribution >= 0.6 is 0 Å². The standard InChI is InChI=1S/C16H17F3N2/c1-9-4-3-5-10(2)12(9)8-15(21-20)16-13(18)6-11(17)7-14(16)19/h3-7,15,21H,8,20H2,1-2H3. The molecule has 0 spiro atoms. The molecule has 0 heterocycles. The monoisotopic (exact) mass is 294 g/mol. The lowest BCUT2D eigenvalue weighted by molar-refractivity contribution is 0.461. The lowest BCUT2D eigenvalue weighted by Gasteiger charge is -2.20. The topological polar surface area (TPSA) is 38.0 Å². The van der Waals surface area contributed by atoms with Gasteiger partial charge in [-0.3, -0.25) is 11.3 Å². The third-order valence-electron chi connectivity index (χ3n) is 3.65. The number of rotatable bonds is 4. The summed E-state index contributed by atoms with van der Waals surface area (Å²) in [5.41, 5.74) is 5.16. The highest BCUT2D eigenvalue weighted by Crippen LogP contribution is 2.27. The van der Waals surface area contributed by atoms with E-state index in [1.54, 1.807) is 0 Å². The predicted molar refractivity (Wildman–Crippen MR) is 76.0 cm³/mol. The first-order chi connectivity index (χ1) is 9.93. The summed E-state index contributed by atoms with van der Waals surface area (Å²) >= 11 is 0. The number of hydrazine groups is 1. The molecule has 0 amide bonds. The van der Waals surface area contributed by atoms with Crippen molar-refractivity contribution in [2.45, 2.75) is 26.3 Å². The summed E-state index contributed by atoms with van der Waals surface area (Å²) in [5, 5.41) is 0. The Morgan fingerprint density at radius 3 is 2.05 bits per heavy atom. The fourth-order valence-corrected chi connectivity index (χ4v) is 2.51. The maximum Gasteiger partial charge on any atom is 0.133 e. The molecular formula is C16H17F3N2. The maximum absolute atomic E-state index is 13.9. The summed E-state index contributed by atoms with van der Waals surface area (Å²) in [4.78, 5) is 0. The largest absolute Gasteiger partial charge is 0.271 e. The Hall–Kier alpha value is -1.85. The van der Waals surface area contributed by atoms with Crippen molar-refractivity contribution in [1.29, 1.82) is 0 Å². The molecule has 1 atom stereocenters. The number of nitrogens with one attached hydrogen (secondary N) is 1. The van der Waals surface area contributed by atoms with Crippen molar-refractivity contribution in [3.05, 3.63) is 70.0 Å². The first kappa shape index (κ1) is 15.5. The molecule has 21 heavy (non-hydrogen) atoms. The minimum absolute atomic E-state index is 0.249. The molecule has 0 radical (unpaired) electrons. The van der Waals surface area contributed by atoms with E-state index < -0.39 is 23.5 Å². The van der Waals surface area contributed by atoms with Crippen LogP contribution in [0.4, 0.5) is 13.2 Å². The minimum atomic E-state index is -0.948. The highest BCUT2D eigenvalue weighted by atomic mass is 19.1. The first-order valence-electron chi connectivity index (χ1n) is 6.59. The molecule has 0 aliphatic rings. The summed E-state index contributed by atoms with van der Waals surface area (Å²) in [6.07, 6.45) is 0.314. The van der Waals surface area contributed by atoms with Crippen molar-refractivity contribution in [1.82, 2.24) is 5.43 Å². The van der Waals surface area contributed by atoms with Gasteiger partial charge in [0, 0.05) is 17.7 Å². The van der Waals surface area contributed by atoms with E-state index in [0.29, 0.717) is 18.6 Å². The maximum atomic E-state index is 13.9. The fourth-order valence-electron chi connectivity index (χ4n) is 2.51. The van der Waals surface area contributed by atoms with E-state index in [-0.39, 0.29) is 5.56 Å². The zero-order valence-corrected chi connectivity index (χ0v) is 11.9. The Labute approximate surface area is 121 Å². The molecule has 0 bridgehead atoms. The molecule has 0 aliphatic carbocycles.